The number of nitrogens with two attached hydrogens (primary N) is 1. The molecule has 1 aromatic carbocycles. The average Bonchev–Trinajstić information content (AvgIpc) is 2.53. The van der Waals surface area contributed by atoms with Gasteiger partial charge in [0, 0.05) is 18.8 Å². The molecule has 0 saturated heterocycles. The van der Waals surface area contributed by atoms with E-state index in [4.69, 9.17) is 5.73 Å². The van der Waals surface area contributed by atoms with Crippen LogP contribution in [0.4, 0.5) is 5.69 Å². The van der Waals surface area contributed by atoms with Gasteiger partial charge < -0.3 is 10.6 Å². The summed E-state index contributed by atoms with van der Waals surface area (Å²) in [6.07, 6.45) is 4.99. The third kappa shape index (κ3) is 3.22. The molecule has 2 N–H and O–H groups in total. The molecule has 0 saturated carbocycles. The van der Waals surface area contributed by atoms with Gasteiger partial charge in [0.15, 0.2) is 0 Å². The molecule has 0 spiro atoms. The summed E-state index contributed by atoms with van der Waals surface area (Å²) in [5, 5.41) is 0. The van der Waals surface area contributed by atoms with Gasteiger partial charge in [-0.2, -0.15) is 0 Å². The van der Waals surface area contributed by atoms with E-state index in [0.29, 0.717) is 5.92 Å². The normalized spacial score (nSPS) is 17.4. The van der Waals surface area contributed by atoms with Crippen LogP contribution in [0.3, 0.4) is 0 Å². The van der Waals surface area contributed by atoms with E-state index in [9.17, 15) is 0 Å². The summed E-state index contributed by atoms with van der Waals surface area (Å²) in [6.45, 7) is 5.46. The van der Waals surface area contributed by atoms with Crippen molar-refractivity contribution in [3.8, 4) is 0 Å². The lowest BCUT2D eigenvalue weighted by Crippen LogP contribution is -2.30. The number of hydrogen-bond donors (Lipinski definition) is 1. The molecule has 0 aromatic heterocycles. The fourth-order valence-electron chi connectivity index (χ4n) is 2.71. The minimum absolute atomic E-state index is 0.686. The van der Waals surface area contributed by atoms with Crippen LogP contribution in [0, 0.1) is 5.92 Å². The maximum Gasteiger partial charge on any atom is 0.0398 e. The molecule has 0 bridgehead atoms. The molecule has 1 aliphatic rings. The van der Waals surface area contributed by atoms with Crippen LogP contribution in [-0.4, -0.2) is 19.6 Å². The zero-order chi connectivity index (χ0) is 12.1. The summed E-state index contributed by atoms with van der Waals surface area (Å²) in [5.74, 6) is 0.686. The van der Waals surface area contributed by atoms with Crippen LogP contribution < -0.4 is 10.6 Å². The second kappa shape index (κ2) is 6.06. The molecule has 0 amide bonds. The number of nitrogens with zero attached hydrogens (tertiary/aromatic N) is 1. The first-order valence-electron chi connectivity index (χ1n) is 6.84. The predicted octanol–water partition coefficient (Wildman–Crippen LogP) is 2.81. The smallest absolute Gasteiger partial charge is 0.0398 e. The molecular weight excluding hydrogens is 208 g/mol. The van der Waals surface area contributed by atoms with Crippen molar-refractivity contribution in [1.29, 1.82) is 0 Å². The zero-order valence-corrected chi connectivity index (χ0v) is 10.9. The van der Waals surface area contributed by atoms with E-state index >= 15 is 0 Å². The van der Waals surface area contributed by atoms with Gasteiger partial charge in [-0.3, -0.25) is 0 Å². The molecular formula is C15H24N2. The van der Waals surface area contributed by atoms with Gasteiger partial charge in [0.1, 0.15) is 0 Å². The SMILES string of the molecule is CC(CCN)CN1CCCCc2ccccc21. The van der Waals surface area contributed by atoms with Crippen molar-refractivity contribution in [3.05, 3.63) is 29.8 Å². The largest absolute Gasteiger partial charge is 0.371 e. The summed E-state index contributed by atoms with van der Waals surface area (Å²) in [6, 6.07) is 8.87. The quantitative estimate of drug-likeness (QED) is 0.865. The second-order valence-electron chi connectivity index (χ2n) is 5.21. The lowest BCUT2D eigenvalue weighted by atomic mass is 10.1. The Morgan fingerprint density at radius 1 is 1.29 bits per heavy atom. The number of hydrogen-bond acceptors (Lipinski definition) is 2. The Kier molecular flexibility index (Phi) is 4.43. The highest BCUT2D eigenvalue weighted by molar-refractivity contribution is 5.54. The highest BCUT2D eigenvalue weighted by atomic mass is 15.1. The number of anilines is 1. The minimum atomic E-state index is 0.686. The summed E-state index contributed by atoms with van der Waals surface area (Å²) in [5.41, 5.74) is 8.61. The number of fused-ring (bicyclic) bond motifs is 1. The molecule has 94 valence electrons. The van der Waals surface area contributed by atoms with E-state index in [1.807, 2.05) is 0 Å². The molecule has 2 nitrogen and oxygen atoms in total. The number of para-hydroxylation sites is 1. The first-order chi connectivity index (χ1) is 8.31. The summed E-state index contributed by atoms with van der Waals surface area (Å²) < 4.78 is 0. The lowest BCUT2D eigenvalue weighted by Gasteiger charge is -2.28. The van der Waals surface area contributed by atoms with E-state index in [1.54, 1.807) is 0 Å². The highest BCUT2D eigenvalue weighted by Gasteiger charge is 2.16. The van der Waals surface area contributed by atoms with Gasteiger partial charge in [-0.15, -0.1) is 0 Å². The monoisotopic (exact) mass is 232 g/mol. The molecule has 17 heavy (non-hydrogen) atoms. The van der Waals surface area contributed by atoms with Gasteiger partial charge in [-0.25, -0.2) is 0 Å². The van der Waals surface area contributed by atoms with E-state index < -0.39 is 0 Å². The molecule has 1 unspecified atom stereocenters. The van der Waals surface area contributed by atoms with Crippen molar-refractivity contribution in [3.63, 3.8) is 0 Å². The van der Waals surface area contributed by atoms with Gasteiger partial charge in [-0.05, 0) is 49.8 Å². The Balaban J connectivity index is 2.11. The van der Waals surface area contributed by atoms with Crippen molar-refractivity contribution < 1.29 is 0 Å². The van der Waals surface area contributed by atoms with Crippen LogP contribution in [0.15, 0.2) is 24.3 Å². The third-order valence-corrected chi connectivity index (χ3v) is 3.65. The van der Waals surface area contributed by atoms with E-state index in [0.717, 1.165) is 19.5 Å². The molecule has 2 rings (SSSR count). The Bertz CT molecular complexity index is 349. The molecule has 1 aromatic rings. The lowest BCUT2D eigenvalue weighted by molar-refractivity contribution is 0.522. The second-order valence-corrected chi connectivity index (χ2v) is 5.21. The molecule has 1 aliphatic heterocycles. The molecule has 1 heterocycles. The topological polar surface area (TPSA) is 29.3 Å². The molecule has 0 aliphatic carbocycles. The first-order valence-corrected chi connectivity index (χ1v) is 6.84. The molecule has 0 radical (unpaired) electrons. The van der Waals surface area contributed by atoms with E-state index in [-0.39, 0.29) is 0 Å². The molecule has 0 fully saturated rings. The van der Waals surface area contributed by atoms with Gasteiger partial charge >= 0.3 is 0 Å². The van der Waals surface area contributed by atoms with Crippen LogP contribution in [0.1, 0.15) is 31.7 Å². The Labute approximate surface area is 105 Å². The standard InChI is InChI=1S/C15H24N2/c1-13(9-10-16)12-17-11-5-4-7-14-6-2-3-8-15(14)17/h2-3,6,8,13H,4-5,7,9-12,16H2,1H3. The Morgan fingerprint density at radius 3 is 2.94 bits per heavy atom. The Morgan fingerprint density at radius 2 is 2.12 bits per heavy atom. The van der Waals surface area contributed by atoms with Crippen molar-refractivity contribution in [2.45, 2.75) is 32.6 Å². The minimum Gasteiger partial charge on any atom is -0.371 e. The van der Waals surface area contributed by atoms with Crippen molar-refractivity contribution in [2.75, 3.05) is 24.5 Å². The van der Waals surface area contributed by atoms with E-state index in [1.165, 1.54) is 37.1 Å². The summed E-state index contributed by atoms with van der Waals surface area (Å²) in [7, 11) is 0. The van der Waals surface area contributed by atoms with Crippen LogP contribution in [0.5, 0.6) is 0 Å². The van der Waals surface area contributed by atoms with Crippen molar-refractivity contribution in [2.24, 2.45) is 11.7 Å². The zero-order valence-electron chi connectivity index (χ0n) is 10.9. The maximum absolute atomic E-state index is 5.64. The maximum atomic E-state index is 5.64. The van der Waals surface area contributed by atoms with Crippen LogP contribution in [0.25, 0.3) is 0 Å². The first kappa shape index (κ1) is 12.4. The van der Waals surface area contributed by atoms with Gasteiger partial charge in [-0.1, -0.05) is 25.1 Å². The average molecular weight is 232 g/mol. The highest BCUT2D eigenvalue weighted by Crippen LogP contribution is 2.26. The summed E-state index contributed by atoms with van der Waals surface area (Å²) in [4.78, 5) is 2.56. The number of rotatable bonds is 4. The van der Waals surface area contributed by atoms with Crippen LogP contribution in [0.2, 0.25) is 0 Å². The number of benzene rings is 1. The van der Waals surface area contributed by atoms with Crippen molar-refractivity contribution >= 4 is 5.69 Å². The molecule has 2 heteroatoms. The predicted molar refractivity (Wildman–Crippen MR) is 74.4 cm³/mol. The Hall–Kier alpha value is -1.02. The third-order valence-electron chi connectivity index (χ3n) is 3.65. The summed E-state index contributed by atoms with van der Waals surface area (Å²) >= 11 is 0. The van der Waals surface area contributed by atoms with Crippen LogP contribution >= 0.6 is 0 Å². The van der Waals surface area contributed by atoms with E-state index in [2.05, 4.69) is 36.1 Å². The van der Waals surface area contributed by atoms with Gasteiger partial charge in [0.05, 0.1) is 0 Å². The van der Waals surface area contributed by atoms with Crippen molar-refractivity contribution in [1.82, 2.24) is 0 Å². The van der Waals surface area contributed by atoms with Gasteiger partial charge in [0.2, 0.25) is 0 Å². The fraction of sp³-hybridized carbons (Fsp3) is 0.600. The van der Waals surface area contributed by atoms with Gasteiger partial charge in [0.25, 0.3) is 0 Å². The fourth-order valence-corrected chi connectivity index (χ4v) is 2.71. The van der Waals surface area contributed by atoms with Crippen LogP contribution in [-0.2, 0) is 6.42 Å². The number of aryl methyl sites for hydroxylation is 1. The molecule has 1 atom stereocenters.